The Morgan fingerprint density at radius 3 is 2.80 bits per heavy atom. The highest BCUT2D eigenvalue weighted by Gasteiger charge is 2.27. The van der Waals surface area contributed by atoms with E-state index in [0.29, 0.717) is 13.0 Å². The zero-order chi connectivity index (χ0) is 10.8. The third-order valence-corrected chi connectivity index (χ3v) is 3.47. The highest BCUT2D eigenvalue weighted by Crippen LogP contribution is 2.23. The van der Waals surface area contributed by atoms with E-state index in [4.69, 9.17) is 11.6 Å². The number of rotatable bonds is 2. The van der Waals surface area contributed by atoms with Gasteiger partial charge in [-0.1, -0.05) is 45.7 Å². The van der Waals surface area contributed by atoms with Gasteiger partial charge < -0.3 is 4.90 Å². The predicted molar refractivity (Wildman–Crippen MR) is 64.2 cm³/mol. The first kappa shape index (κ1) is 11.0. The SMILES string of the molecule is O=C1CC(Br)CN1Cc1ccccc1Cl. The van der Waals surface area contributed by atoms with Crippen molar-refractivity contribution in [3.63, 3.8) is 0 Å². The van der Waals surface area contributed by atoms with Gasteiger partial charge in [0.1, 0.15) is 0 Å². The molecule has 1 aliphatic heterocycles. The molecule has 4 heteroatoms. The third kappa shape index (κ3) is 2.52. The van der Waals surface area contributed by atoms with Crippen molar-refractivity contribution in [1.29, 1.82) is 0 Å². The molecular weight excluding hydrogens is 277 g/mol. The summed E-state index contributed by atoms with van der Waals surface area (Å²) >= 11 is 9.49. The molecule has 1 aromatic rings. The lowest BCUT2D eigenvalue weighted by Crippen LogP contribution is -2.24. The maximum Gasteiger partial charge on any atom is 0.224 e. The van der Waals surface area contributed by atoms with Gasteiger partial charge in [0.2, 0.25) is 5.91 Å². The van der Waals surface area contributed by atoms with Crippen LogP contribution in [0.15, 0.2) is 24.3 Å². The van der Waals surface area contributed by atoms with Crippen molar-refractivity contribution < 1.29 is 4.79 Å². The number of alkyl halides is 1. The summed E-state index contributed by atoms with van der Waals surface area (Å²) < 4.78 is 0. The third-order valence-electron chi connectivity index (χ3n) is 2.49. The molecule has 2 nitrogen and oxygen atoms in total. The number of carbonyl (C=O) groups excluding carboxylic acids is 1. The minimum Gasteiger partial charge on any atom is -0.337 e. The predicted octanol–water partition coefficient (Wildman–Crippen LogP) is 2.84. The lowest BCUT2D eigenvalue weighted by molar-refractivity contribution is -0.128. The number of hydrogen-bond acceptors (Lipinski definition) is 1. The molecule has 80 valence electrons. The van der Waals surface area contributed by atoms with Crippen LogP contribution >= 0.6 is 27.5 Å². The van der Waals surface area contributed by atoms with Crippen LogP contribution < -0.4 is 0 Å². The summed E-state index contributed by atoms with van der Waals surface area (Å²) in [6, 6.07) is 7.64. The molecule has 1 amide bonds. The number of nitrogens with zero attached hydrogens (tertiary/aromatic N) is 1. The van der Waals surface area contributed by atoms with E-state index in [1.165, 1.54) is 0 Å². The Balaban J connectivity index is 2.09. The summed E-state index contributed by atoms with van der Waals surface area (Å²) in [7, 11) is 0. The topological polar surface area (TPSA) is 20.3 Å². The second-order valence-corrected chi connectivity index (χ2v) is 5.37. The van der Waals surface area contributed by atoms with Gasteiger partial charge >= 0.3 is 0 Å². The highest BCUT2D eigenvalue weighted by molar-refractivity contribution is 9.09. The summed E-state index contributed by atoms with van der Waals surface area (Å²) in [5.41, 5.74) is 1.01. The van der Waals surface area contributed by atoms with E-state index in [2.05, 4.69) is 15.9 Å². The van der Waals surface area contributed by atoms with Gasteiger partial charge in [-0.2, -0.15) is 0 Å². The summed E-state index contributed by atoms with van der Waals surface area (Å²) in [5, 5.41) is 0.725. The van der Waals surface area contributed by atoms with Crippen molar-refractivity contribution in [2.24, 2.45) is 0 Å². The largest absolute Gasteiger partial charge is 0.337 e. The first-order valence-electron chi connectivity index (χ1n) is 4.82. The van der Waals surface area contributed by atoms with Crippen molar-refractivity contribution in [3.05, 3.63) is 34.9 Å². The van der Waals surface area contributed by atoms with Crippen LogP contribution in [0, 0.1) is 0 Å². The van der Waals surface area contributed by atoms with Gasteiger partial charge in [-0.3, -0.25) is 4.79 Å². The van der Waals surface area contributed by atoms with E-state index >= 15 is 0 Å². The van der Waals surface area contributed by atoms with Crippen LogP contribution in [-0.2, 0) is 11.3 Å². The minimum absolute atomic E-state index is 0.191. The molecule has 15 heavy (non-hydrogen) atoms. The molecule has 1 aromatic carbocycles. The number of hydrogen-bond donors (Lipinski definition) is 0. The van der Waals surface area contributed by atoms with E-state index in [0.717, 1.165) is 17.1 Å². The molecule has 1 aliphatic rings. The lowest BCUT2D eigenvalue weighted by Gasteiger charge is -2.16. The summed E-state index contributed by atoms with van der Waals surface area (Å²) in [4.78, 5) is 13.7. The van der Waals surface area contributed by atoms with Gasteiger partial charge in [0.05, 0.1) is 0 Å². The molecule has 0 aliphatic carbocycles. The summed E-state index contributed by atoms with van der Waals surface area (Å²) in [6.07, 6.45) is 0.588. The molecule has 2 rings (SSSR count). The number of amides is 1. The first-order valence-corrected chi connectivity index (χ1v) is 6.11. The second kappa shape index (κ2) is 4.54. The number of benzene rings is 1. The fraction of sp³-hybridized carbons (Fsp3) is 0.364. The lowest BCUT2D eigenvalue weighted by atomic mass is 10.2. The smallest absolute Gasteiger partial charge is 0.224 e. The molecule has 0 spiro atoms. The molecule has 0 bridgehead atoms. The molecule has 1 fully saturated rings. The van der Waals surface area contributed by atoms with E-state index in [9.17, 15) is 4.79 Å². The Labute approximate surface area is 102 Å². The van der Waals surface area contributed by atoms with Gasteiger partial charge in [0.15, 0.2) is 0 Å². The van der Waals surface area contributed by atoms with Crippen molar-refractivity contribution in [2.45, 2.75) is 17.8 Å². The summed E-state index contributed by atoms with van der Waals surface area (Å²) in [6.45, 7) is 1.38. The van der Waals surface area contributed by atoms with Gasteiger partial charge in [0, 0.05) is 29.4 Å². The maximum absolute atomic E-state index is 11.6. The van der Waals surface area contributed by atoms with Crippen molar-refractivity contribution in [1.82, 2.24) is 4.90 Å². The van der Waals surface area contributed by atoms with Crippen molar-refractivity contribution in [2.75, 3.05) is 6.54 Å². The molecule has 0 N–H and O–H groups in total. The Bertz CT molecular complexity index is 383. The van der Waals surface area contributed by atoms with Crippen LogP contribution in [0.2, 0.25) is 5.02 Å². The first-order chi connectivity index (χ1) is 7.16. The Hall–Kier alpha value is -0.540. The summed E-state index contributed by atoms with van der Waals surface area (Å²) in [5.74, 6) is 0.191. The highest BCUT2D eigenvalue weighted by atomic mass is 79.9. The zero-order valence-corrected chi connectivity index (χ0v) is 10.5. The molecule has 0 saturated carbocycles. The zero-order valence-electron chi connectivity index (χ0n) is 8.12. The second-order valence-electron chi connectivity index (χ2n) is 3.67. The van der Waals surface area contributed by atoms with Crippen LogP contribution in [0.1, 0.15) is 12.0 Å². The van der Waals surface area contributed by atoms with Crippen molar-refractivity contribution >= 4 is 33.4 Å². The Kier molecular flexibility index (Phi) is 3.32. The maximum atomic E-state index is 11.6. The molecule has 1 saturated heterocycles. The molecule has 0 radical (unpaired) electrons. The monoisotopic (exact) mass is 287 g/mol. The van der Waals surface area contributed by atoms with E-state index in [-0.39, 0.29) is 10.7 Å². The molecule has 1 atom stereocenters. The van der Waals surface area contributed by atoms with Gasteiger partial charge in [-0.05, 0) is 11.6 Å². The fourth-order valence-corrected chi connectivity index (χ4v) is 2.53. The molecule has 1 heterocycles. The van der Waals surface area contributed by atoms with Crippen LogP contribution in [0.5, 0.6) is 0 Å². The van der Waals surface area contributed by atoms with E-state index < -0.39 is 0 Å². The molecule has 0 aromatic heterocycles. The normalized spacial score (nSPS) is 21.1. The average Bonchev–Trinajstić information content (AvgIpc) is 2.49. The molecule has 1 unspecified atom stereocenters. The number of likely N-dealkylation sites (tertiary alicyclic amines) is 1. The number of halogens is 2. The minimum atomic E-state index is 0.191. The van der Waals surface area contributed by atoms with Crippen LogP contribution in [0.4, 0.5) is 0 Å². The van der Waals surface area contributed by atoms with Gasteiger partial charge in [-0.25, -0.2) is 0 Å². The Morgan fingerprint density at radius 2 is 2.20 bits per heavy atom. The van der Waals surface area contributed by atoms with E-state index in [1.54, 1.807) is 0 Å². The molecular formula is C11H11BrClNO. The average molecular weight is 289 g/mol. The van der Waals surface area contributed by atoms with Crippen LogP contribution in [-0.4, -0.2) is 22.2 Å². The Morgan fingerprint density at radius 1 is 1.47 bits per heavy atom. The van der Waals surface area contributed by atoms with Crippen molar-refractivity contribution in [3.8, 4) is 0 Å². The number of carbonyl (C=O) groups is 1. The standard InChI is InChI=1S/C11H11BrClNO/c12-9-5-11(15)14(7-9)6-8-3-1-2-4-10(8)13/h1-4,9H,5-7H2. The van der Waals surface area contributed by atoms with E-state index in [1.807, 2.05) is 29.2 Å². The van der Waals surface area contributed by atoms with Crippen LogP contribution in [0.25, 0.3) is 0 Å². The van der Waals surface area contributed by atoms with Gasteiger partial charge in [0.25, 0.3) is 0 Å². The fourth-order valence-electron chi connectivity index (χ4n) is 1.71. The quantitative estimate of drug-likeness (QED) is 0.766. The van der Waals surface area contributed by atoms with Gasteiger partial charge in [-0.15, -0.1) is 0 Å². The van der Waals surface area contributed by atoms with Crippen LogP contribution in [0.3, 0.4) is 0 Å².